The fraction of sp³-hybridized carbons (Fsp3) is 0.167. The molecule has 0 unspecified atom stereocenters. The van der Waals surface area contributed by atoms with Gasteiger partial charge in [0.15, 0.2) is 22.5 Å². The van der Waals surface area contributed by atoms with E-state index in [1.54, 1.807) is 26.0 Å². The summed E-state index contributed by atoms with van der Waals surface area (Å²) >= 11 is 7.50. The van der Waals surface area contributed by atoms with Crippen molar-refractivity contribution in [1.29, 1.82) is 0 Å². The van der Waals surface area contributed by atoms with Gasteiger partial charge in [-0.3, -0.25) is 4.57 Å². The van der Waals surface area contributed by atoms with E-state index < -0.39 is 0 Å². The van der Waals surface area contributed by atoms with Crippen LogP contribution < -0.4 is 14.2 Å². The normalized spacial score (nSPS) is 10.7. The maximum Gasteiger partial charge on any atom is 0.196 e. The van der Waals surface area contributed by atoms with Crippen molar-refractivity contribution in [2.75, 3.05) is 26.6 Å². The number of nitrogens with zero attached hydrogens (tertiary/aromatic N) is 3. The first kappa shape index (κ1) is 22.0. The number of ether oxygens (including phenoxy) is 3. The molecule has 0 N–H and O–H groups in total. The molecule has 6 nitrogen and oxygen atoms in total. The zero-order chi connectivity index (χ0) is 22.3. The highest BCUT2D eigenvalue weighted by atomic mass is 35.5. The first-order chi connectivity index (χ1) is 15.7. The van der Waals surface area contributed by atoms with Crippen molar-refractivity contribution in [3.8, 4) is 34.3 Å². The molecule has 0 saturated carbocycles. The second-order valence-corrected chi connectivity index (χ2v) is 8.20. The number of thioether (sulfide) groups is 1. The molecular formula is C24H22ClN3O3S. The van der Waals surface area contributed by atoms with Crippen LogP contribution in [0.5, 0.6) is 17.2 Å². The van der Waals surface area contributed by atoms with E-state index in [1.165, 1.54) is 0 Å². The number of benzene rings is 3. The third-order valence-corrected chi connectivity index (χ3v) is 5.83. The largest absolute Gasteiger partial charge is 0.493 e. The highest BCUT2D eigenvalue weighted by molar-refractivity contribution is 7.99. The molecule has 0 saturated heterocycles. The molecule has 0 fully saturated rings. The SMILES string of the molecule is COc1ccc(-n2c(SCCOc3ccc(Cl)cc3)nnc2-c2ccccc2)cc1OC. The van der Waals surface area contributed by atoms with Gasteiger partial charge in [0, 0.05) is 22.4 Å². The van der Waals surface area contributed by atoms with Crippen LogP contribution in [-0.4, -0.2) is 41.3 Å². The lowest BCUT2D eigenvalue weighted by Crippen LogP contribution is -2.04. The summed E-state index contributed by atoms with van der Waals surface area (Å²) in [5.74, 6) is 3.53. The second-order valence-electron chi connectivity index (χ2n) is 6.70. The Kier molecular flexibility index (Phi) is 7.19. The van der Waals surface area contributed by atoms with Crippen LogP contribution in [0.3, 0.4) is 0 Å². The van der Waals surface area contributed by atoms with E-state index in [0.717, 1.165) is 28.0 Å². The van der Waals surface area contributed by atoms with E-state index >= 15 is 0 Å². The van der Waals surface area contributed by atoms with Crippen molar-refractivity contribution in [2.45, 2.75) is 5.16 Å². The lowest BCUT2D eigenvalue weighted by Gasteiger charge is -2.14. The molecule has 0 spiro atoms. The molecule has 0 atom stereocenters. The van der Waals surface area contributed by atoms with Crippen molar-refractivity contribution >= 4 is 23.4 Å². The Morgan fingerprint density at radius 1 is 0.875 bits per heavy atom. The maximum absolute atomic E-state index is 5.93. The molecule has 4 rings (SSSR count). The van der Waals surface area contributed by atoms with Gasteiger partial charge < -0.3 is 14.2 Å². The lowest BCUT2D eigenvalue weighted by atomic mass is 10.2. The minimum absolute atomic E-state index is 0.520. The van der Waals surface area contributed by atoms with Gasteiger partial charge in [0.2, 0.25) is 0 Å². The number of hydrogen-bond acceptors (Lipinski definition) is 6. The summed E-state index contributed by atoms with van der Waals surface area (Å²) in [7, 11) is 3.24. The van der Waals surface area contributed by atoms with Crippen LogP contribution in [0.4, 0.5) is 0 Å². The van der Waals surface area contributed by atoms with E-state index in [1.807, 2.05) is 77.4 Å². The Morgan fingerprint density at radius 3 is 2.34 bits per heavy atom. The van der Waals surface area contributed by atoms with Crippen molar-refractivity contribution in [3.05, 3.63) is 77.8 Å². The van der Waals surface area contributed by atoms with Crippen LogP contribution in [0.15, 0.2) is 78.0 Å². The topological polar surface area (TPSA) is 58.4 Å². The average molecular weight is 468 g/mol. The van der Waals surface area contributed by atoms with E-state index in [2.05, 4.69) is 10.2 Å². The van der Waals surface area contributed by atoms with Crippen LogP contribution in [0.25, 0.3) is 17.1 Å². The molecule has 0 aliphatic heterocycles. The minimum Gasteiger partial charge on any atom is -0.493 e. The molecule has 32 heavy (non-hydrogen) atoms. The van der Waals surface area contributed by atoms with Crippen LogP contribution in [0, 0.1) is 0 Å². The van der Waals surface area contributed by atoms with Gasteiger partial charge in [-0.15, -0.1) is 10.2 Å². The van der Waals surface area contributed by atoms with E-state index in [9.17, 15) is 0 Å². The number of aromatic nitrogens is 3. The Balaban J connectivity index is 1.60. The number of hydrogen-bond donors (Lipinski definition) is 0. The Morgan fingerprint density at radius 2 is 1.62 bits per heavy atom. The molecule has 1 aromatic heterocycles. The summed E-state index contributed by atoms with van der Waals surface area (Å²) in [5, 5.41) is 10.4. The van der Waals surface area contributed by atoms with E-state index in [4.69, 9.17) is 25.8 Å². The van der Waals surface area contributed by atoms with Crippen molar-refractivity contribution < 1.29 is 14.2 Å². The molecule has 164 valence electrons. The fourth-order valence-corrected chi connectivity index (χ4v) is 4.05. The summed E-state index contributed by atoms with van der Waals surface area (Å²) in [6.07, 6.45) is 0. The maximum atomic E-state index is 5.93. The van der Waals surface area contributed by atoms with E-state index in [-0.39, 0.29) is 0 Å². The standard InChI is InChI=1S/C24H22ClN3O3S/c1-29-21-13-10-19(16-22(21)30-2)28-23(17-6-4-3-5-7-17)26-27-24(28)32-15-14-31-20-11-8-18(25)9-12-20/h3-13,16H,14-15H2,1-2H3. The number of rotatable bonds is 9. The average Bonchev–Trinajstić information content (AvgIpc) is 3.27. The second kappa shape index (κ2) is 10.4. The summed E-state index contributed by atoms with van der Waals surface area (Å²) in [6.45, 7) is 0.520. The van der Waals surface area contributed by atoms with Gasteiger partial charge in [-0.25, -0.2) is 0 Å². The molecule has 1 heterocycles. The molecule has 0 aliphatic carbocycles. The first-order valence-corrected chi connectivity index (χ1v) is 11.3. The molecular weight excluding hydrogens is 446 g/mol. The van der Waals surface area contributed by atoms with Crippen LogP contribution in [0.1, 0.15) is 0 Å². The molecule has 0 bridgehead atoms. The Bertz CT molecular complexity index is 1170. The van der Waals surface area contributed by atoms with Gasteiger partial charge >= 0.3 is 0 Å². The third kappa shape index (κ3) is 5.00. The highest BCUT2D eigenvalue weighted by Crippen LogP contribution is 2.33. The third-order valence-electron chi connectivity index (χ3n) is 4.69. The molecule has 0 aliphatic rings. The van der Waals surface area contributed by atoms with Crippen molar-refractivity contribution in [1.82, 2.24) is 14.8 Å². The Labute approximate surface area is 196 Å². The predicted octanol–water partition coefficient (Wildman–Crippen LogP) is 5.78. The summed E-state index contributed by atoms with van der Waals surface area (Å²) < 4.78 is 18.7. The number of methoxy groups -OCH3 is 2. The predicted molar refractivity (Wildman–Crippen MR) is 128 cm³/mol. The molecule has 0 amide bonds. The van der Waals surface area contributed by atoms with Crippen molar-refractivity contribution in [2.24, 2.45) is 0 Å². The van der Waals surface area contributed by atoms with Crippen LogP contribution in [-0.2, 0) is 0 Å². The first-order valence-electron chi connectivity index (χ1n) is 9.94. The van der Waals surface area contributed by atoms with Gasteiger partial charge in [-0.2, -0.15) is 0 Å². The van der Waals surface area contributed by atoms with Gasteiger partial charge in [0.1, 0.15) is 5.75 Å². The fourth-order valence-electron chi connectivity index (χ4n) is 3.16. The van der Waals surface area contributed by atoms with Gasteiger partial charge in [0.05, 0.1) is 26.5 Å². The van der Waals surface area contributed by atoms with Gasteiger partial charge in [-0.05, 0) is 36.4 Å². The van der Waals surface area contributed by atoms with Crippen LogP contribution in [0.2, 0.25) is 5.02 Å². The zero-order valence-corrected chi connectivity index (χ0v) is 19.3. The molecule has 0 radical (unpaired) electrons. The van der Waals surface area contributed by atoms with E-state index in [0.29, 0.717) is 28.9 Å². The summed E-state index contributed by atoms with van der Waals surface area (Å²) in [4.78, 5) is 0. The molecule has 8 heteroatoms. The van der Waals surface area contributed by atoms with Gasteiger partial charge in [0.25, 0.3) is 0 Å². The Hall–Kier alpha value is -3.16. The molecule has 3 aromatic carbocycles. The zero-order valence-electron chi connectivity index (χ0n) is 17.7. The minimum atomic E-state index is 0.520. The smallest absolute Gasteiger partial charge is 0.196 e. The summed E-state index contributed by atoms with van der Waals surface area (Å²) in [5.41, 5.74) is 1.85. The van der Waals surface area contributed by atoms with Gasteiger partial charge in [-0.1, -0.05) is 53.7 Å². The monoisotopic (exact) mass is 467 g/mol. The highest BCUT2D eigenvalue weighted by Gasteiger charge is 2.17. The quantitative estimate of drug-likeness (QED) is 0.230. The molecule has 4 aromatic rings. The summed E-state index contributed by atoms with van der Waals surface area (Å²) in [6, 6.07) is 23.1. The van der Waals surface area contributed by atoms with Crippen LogP contribution >= 0.6 is 23.4 Å². The number of halogens is 1. The lowest BCUT2D eigenvalue weighted by molar-refractivity contribution is 0.344. The van der Waals surface area contributed by atoms with Crippen molar-refractivity contribution in [3.63, 3.8) is 0 Å².